The molecule has 1 N–H and O–H groups in total. The normalized spacial score (nSPS) is 27.5. The van der Waals surface area contributed by atoms with Crippen LogP contribution in [0.1, 0.15) is 31.7 Å². The highest BCUT2D eigenvalue weighted by Gasteiger charge is 2.35. The number of nitrogens with zero attached hydrogens (tertiary/aromatic N) is 1. The van der Waals surface area contributed by atoms with Crippen molar-refractivity contribution in [2.75, 3.05) is 32.7 Å². The van der Waals surface area contributed by atoms with Crippen molar-refractivity contribution in [1.29, 1.82) is 0 Å². The second-order valence-corrected chi connectivity index (χ2v) is 6.75. The molecule has 0 amide bonds. The molecule has 2 saturated heterocycles. The molecule has 3 rings (SSSR count). The molecule has 0 bridgehead atoms. The van der Waals surface area contributed by atoms with E-state index in [0.717, 1.165) is 12.5 Å². The Hall–Kier alpha value is -0.640. The van der Waals surface area contributed by atoms with Gasteiger partial charge in [-0.15, -0.1) is 12.4 Å². The zero-order chi connectivity index (χ0) is 14.0. The molecule has 0 spiro atoms. The molecule has 1 unspecified atom stereocenters. The number of piperidine rings is 1. The van der Waals surface area contributed by atoms with Crippen molar-refractivity contribution in [1.82, 2.24) is 10.2 Å². The molecular weight excluding hydrogens is 287 g/mol. The lowest BCUT2D eigenvalue weighted by Gasteiger charge is -2.29. The zero-order valence-electron chi connectivity index (χ0n) is 12.8. The van der Waals surface area contributed by atoms with Crippen molar-refractivity contribution in [2.45, 2.75) is 31.6 Å². The molecule has 1 atom stereocenters. The van der Waals surface area contributed by atoms with E-state index in [-0.39, 0.29) is 23.6 Å². The Labute approximate surface area is 133 Å². The van der Waals surface area contributed by atoms with Crippen molar-refractivity contribution >= 4 is 12.4 Å². The Balaban J connectivity index is 0.00000161. The van der Waals surface area contributed by atoms with E-state index < -0.39 is 0 Å². The summed E-state index contributed by atoms with van der Waals surface area (Å²) < 4.78 is 13.1. The summed E-state index contributed by atoms with van der Waals surface area (Å²) in [6, 6.07) is 7.11. The fourth-order valence-electron chi connectivity index (χ4n) is 3.73. The second kappa shape index (κ2) is 7.08. The van der Waals surface area contributed by atoms with E-state index in [9.17, 15) is 4.39 Å². The van der Waals surface area contributed by atoms with Crippen LogP contribution in [0.25, 0.3) is 0 Å². The van der Waals surface area contributed by atoms with Crippen LogP contribution in [0.15, 0.2) is 24.3 Å². The minimum absolute atomic E-state index is 0. The number of rotatable bonds is 3. The minimum atomic E-state index is -0.137. The summed E-state index contributed by atoms with van der Waals surface area (Å²) in [5.41, 5.74) is 1.48. The second-order valence-electron chi connectivity index (χ2n) is 6.75. The average molecular weight is 313 g/mol. The predicted molar refractivity (Wildman–Crippen MR) is 87.7 cm³/mol. The van der Waals surface area contributed by atoms with Gasteiger partial charge in [0.15, 0.2) is 0 Å². The summed E-state index contributed by atoms with van der Waals surface area (Å²) in [4.78, 5) is 2.61. The maximum absolute atomic E-state index is 13.1. The third-order valence-electron chi connectivity index (χ3n) is 5.07. The summed E-state index contributed by atoms with van der Waals surface area (Å²) in [6.07, 6.45) is 3.80. The van der Waals surface area contributed by atoms with Crippen molar-refractivity contribution in [3.8, 4) is 0 Å². The van der Waals surface area contributed by atoms with Crippen LogP contribution in [-0.4, -0.2) is 37.6 Å². The highest BCUT2D eigenvalue weighted by molar-refractivity contribution is 5.85. The lowest BCUT2D eigenvalue weighted by atomic mass is 9.82. The number of halogens is 2. The van der Waals surface area contributed by atoms with Gasteiger partial charge < -0.3 is 10.2 Å². The van der Waals surface area contributed by atoms with Gasteiger partial charge in [0.25, 0.3) is 0 Å². The third-order valence-corrected chi connectivity index (χ3v) is 5.07. The van der Waals surface area contributed by atoms with Gasteiger partial charge in [-0.05, 0) is 62.5 Å². The van der Waals surface area contributed by atoms with E-state index in [0.29, 0.717) is 0 Å². The quantitative estimate of drug-likeness (QED) is 0.922. The molecule has 2 aliphatic rings. The molecule has 2 nitrogen and oxygen atoms in total. The summed E-state index contributed by atoms with van der Waals surface area (Å²) in [7, 11) is 0. The van der Waals surface area contributed by atoms with Crippen LogP contribution in [0.5, 0.6) is 0 Å². The molecule has 4 heteroatoms. The first kappa shape index (κ1) is 16.7. The Morgan fingerprint density at radius 1 is 1.24 bits per heavy atom. The summed E-state index contributed by atoms with van der Waals surface area (Å²) >= 11 is 0. The van der Waals surface area contributed by atoms with Crippen LogP contribution in [0.2, 0.25) is 0 Å². The smallest absolute Gasteiger partial charge is 0.123 e. The molecule has 21 heavy (non-hydrogen) atoms. The van der Waals surface area contributed by atoms with Gasteiger partial charge in [0.2, 0.25) is 0 Å². The average Bonchev–Trinajstić information content (AvgIpc) is 2.83. The molecule has 0 aliphatic carbocycles. The SMILES string of the molecule is CC1(c2ccc(F)cc2)CCN(CC2CCNCC2)C1.Cl. The van der Waals surface area contributed by atoms with E-state index in [4.69, 9.17) is 0 Å². The van der Waals surface area contributed by atoms with Crippen molar-refractivity contribution in [3.05, 3.63) is 35.6 Å². The molecule has 0 aromatic heterocycles. The first-order chi connectivity index (χ1) is 9.66. The minimum Gasteiger partial charge on any atom is -0.317 e. The van der Waals surface area contributed by atoms with E-state index in [2.05, 4.69) is 17.1 Å². The lowest BCUT2D eigenvalue weighted by Crippen LogP contribution is -2.36. The molecule has 2 heterocycles. The van der Waals surface area contributed by atoms with Gasteiger partial charge in [0.05, 0.1) is 0 Å². The van der Waals surface area contributed by atoms with E-state index in [1.54, 1.807) is 12.1 Å². The standard InChI is InChI=1S/C17H25FN2.ClH/c1-17(15-2-4-16(18)5-3-15)8-11-20(13-17)12-14-6-9-19-10-7-14;/h2-5,14,19H,6-13H2,1H3;1H. The van der Waals surface area contributed by atoms with Gasteiger partial charge in [0, 0.05) is 18.5 Å². The molecule has 1 aromatic rings. The molecule has 118 valence electrons. The van der Waals surface area contributed by atoms with Crippen LogP contribution in [0, 0.1) is 11.7 Å². The van der Waals surface area contributed by atoms with Gasteiger partial charge in [-0.25, -0.2) is 4.39 Å². The first-order valence-electron chi connectivity index (χ1n) is 7.85. The van der Waals surface area contributed by atoms with E-state index >= 15 is 0 Å². The molecule has 2 aliphatic heterocycles. The van der Waals surface area contributed by atoms with Crippen LogP contribution in [0.4, 0.5) is 4.39 Å². The summed E-state index contributed by atoms with van der Waals surface area (Å²) in [6.45, 7) is 8.20. The van der Waals surface area contributed by atoms with Gasteiger partial charge in [0.1, 0.15) is 5.82 Å². The highest BCUT2D eigenvalue weighted by atomic mass is 35.5. The van der Waals surface area contributed by atoms with Gasteiger partial charge in [-0.3, -0.25) is 0 Å². The Morgan fingerprint density at radius 2 is 1.90 bits per heavy atom. The number of hydrogen-bond donors (Lipinski definition) is 1. The van der Waals surface area contributed by atoms with E-state index in [1.807, 2.05) is 12.1 Å². The monoisotopic (exact) mass is 312 g/mol. The van der Waals surface area contributed by atoms with Gasteiger partial charge >= 0.3 is 0 Å². The topological polar surface area (TPSA) is 15.3 Å². The molecule has 0 radical (unpaired) electrons. The van der Waals surface area contributed by atoms with Crippen LogP contribution >= 0.6 is 12.4 Å². The fourth-order valence-corrected chi connectivity index (χ4v) is 3.73. The predicted octanol–water partition coefficient (Wildman–Crippen LogP) is 3.21. The van der Waals surface area contributed by atoms with Crippen LogP contribution < -0.4 is 5.32 Å². The summed E-state index contributed by atoms with van der Waals surface area (Å²) in [5, 5.41) is 3.43. The molecule has 0 saturated carbocycles. The Bertz CT molecular complexity index is 445. The van der Waals surface area contributed by atoms with Crippen LogP contribution in [0.3, 0.4) is 0 Å². The molecular formula is C17H26ClFN2. The number of nitrogens with one attached hydrogen (secondary N) is 1. The van der Waals surface area contributed by atoms with Gasteiger partial charge in [-0.2, -0.15) is 0 Å². The number of likely N-dealkylation sites (tertiary alicyclic amines) is 1. The zero-order valence-corrected chi connectivity index (χ0v) is 13.6. The maximum Gasteiger partial charge on any atom is 0.123 e. The first-order valence-corrected chi connectivity index (χ1v) is 7.85. The largest absolute Gasteiger partial charge is 0.317 e. The van der Waals surface area contributed by atoms with Crippen molar-refractivity contribution in [2.24, 2.45) is 5.92 Å². The molecule has 2 fully saturated rings. The summed E-state index contributed by atoms with van der Waals surface area (Å²) in [5.74, 6) is 0.716. The Morgan fingerprint density at radius 3 is 2.57 bits per heavy atom. The van der Waals surface area contributed by atoms with E-state index in [1.165, 1.54) is 51.0 Å². The molecule has 1 aromatic carbocycles. The fraction of sp³-hybridized carbons (Fsp3) is 0.647. The highest BCUT2D eigenvalue weighted by Crippen LogP contribution is 2.34. The Kier molecular flexibility index (Phi) is 5.64. The van der Waals surface area contributed by atoms with Crippen LogP contribution in [-0.2, 0) is 5.41 Å². The van der Waals surface area contributed by atoms with Crippen molar-refractivity contribution in [3.63, 3.8) is 0 Å². The van der Waals surface area contributed by atoms with Crippen molar-refractivity contribution < 1.29 is 4.39 Å². The number of hydrogen-bond acceptors (Lipinski definition) is 2. The lowest BCUT2D eigenvalue weighted by molar-refractivity contribution is 0.231. The number of benzene rings is 1. The maximum atomic E-state index is 13.1. The third kappa shape index (κ3) is 3.97. The van der Waals surface area contributed by atoms with Gasteiger partial charge in [-0.1, -0.05) is 19.1 Å².